The Hall–Kier alpha value is -1.75. The zero-order valence-corrected chi connectivity index (χ0v) is 13.2. The van der Waals surface area contributed by atoms with Gasteiger partial charge in [0.25, 0.3) is 5.91 Å². The Morgan fingerprint density at radius 2 is 2.29 bits per heavy atom. The summed E-state index contributed by atoms with van der Waals surface area (Å²) in [7, 11) is 4.23. The zero-order chi connectivity index (χ0) is 15.4. The summed E-state index contributed by atoms with van der Waals surface area (Å²) in [6.45, 7) is 5.83. The summed E-state index contributed by atoms with van der Waals surface area (Å²) in [5.74, 6) is 0.610. The van der Waals surface area contributed by atoms with E-state index >= 15 is 0 Å². The summed E-state index contributed by atoms with van der Waals surface area (Å²) in [6, 6.07) is 5.55. The summed E-state index contributed by atoms with van der Waals surface area (Å²) in [6.07, 6.45) is 1.23. The van der Waals surface area contributed by atoms with Gasteiger partial charge in [-0.2, -0.15) is 0 Å². The van der Waals surface area contributed by atoms with Crippen LogP contribution in [-0.2, 0) is 0 Å². The summed E-state index contributed by atoms with van der Waals surface area (Å²) in [4.78, 5) is 16.4. The molecule has 1 fully saturated rings. The number of anilines is 2. The minimum absolute atomic E-state index is 0.0733. The first-order chi connectivity index (χ1) is 10.0. The number of carbonyl (C=O) groups excluding carboxylic acids is 1. The molecular formula is C16H26N4O. The standard InChI is InChI=1S/C16H26N4O/c1-4-18-16(21)13-5-6-15(14(17)9-13)20(3)11-12-7-8-19(2)10-12/h5-6,9,12H,4,7-8,10-11,17H2,1-3H3,(H,18,21). The second-order valence-corrected chi connectivity index (χ2v) is 5.93. The Morgan fingerprint density at radius 3 is 2.86 bits per heavy atom. The van der Waals surface area contributed by atoms with E-state index in [1.165, 1.54) is 13.0 Å². The van der Waals surface area contributed by atoms with Gasteiger partial charge in [-0.15, -0.1) is 0 Å². The third-order valence-corrected chi connectivity index (χ3v) is 4.06. The Balaban J connectivity index is 2.04. The number of nitrogens with zero attached hydrogens (tertiary/aromatic N) is 2. The van der Waals surface area contributed by atoms with E-state index in [9.17, 15) is 4.79 Å². The highest BCUT2D eigenvalue weighted by Crippen LogP contribution is 2.26. The Labute approximate surface area is 127 Å². The van der Waals surface area contributed by atoms with Crippen molar-refractivity contribution in [1.82, 2.24) is 10.2 Å². The van der Waals surface area contributed by atoms with Crippen LogP contribution in [0, 0.1) is 5.92 Å². The van der Waals surface area contributed by atoms with E-state index in [-0.39, 0.29) is 5.91 Å². The van der Waals surface area contributed by atoms with Gasteiger partial charge >= 0.3 is 0 Å². The lowest BCUT2D eigenvalue weighted by atomic mass is 10.1. The number of nitrogens with two attached hydrogens (primary N) is 1. The van der Waals surface area contributed by atoms with Crippen LogP contribution >= 0.6 is 0 Å². The number of benzene rings is 1. The average Bonchev–Trinajstić information content (AvgIpc) is 2.84. The van der Waals surface area contributed by atoms with E-state index in [1.807, 2.05) is 19.1 Å². The summed E-state index contributed by atoms with van der Waals surface area (Å²) >= 11 is 0. The lowest BCUT2D eigenvalue weighted by Gasteiger charge is -2.24. The van der Waals surface area contributed by atoms with Gasteiger partial charge in [-0.3, -0.25) is 4.79 Å². The fraction of sp³-hybridized carbons (Fsp3) is 0.562. The maximum Gasteiger partial charge on any atom is 0.251 e. The topological polar surface area (TPSA) is 61.6 Å². The normalized spacial score (nSPS) is 18.7. The van der Waals surface area contributed by atoms with Crippen molar-refractivity contribution < 1.29 is 4.79 Å². The summed E-state index contributed by atoms with van der Waals surface area (Å²) < 4.78 is 0. The van der Waals surface area contributed by atoms with Crippen LogP contribution in [0.25, 0.3) is 0 Å². The van der Waals surface area contributed by atoms with Gasteiger partial charge in [0.1, 0.15) is 0 Å². The van der Waals surface area contributed by atoms with Crippen LogP contribution < -0.4 is 16.0 Å². The molecule has 0 aromatic heterocycles. The number of amides is 1. The third-order valence-electron chi connectivity index (χ3n) is 4.06. The molecule has 3 N–H and O–H groups in total. The molecule has 1 heterocycles. The van der Waals surface area contributed by atoms with Gasteiger partial charge in [-0.25, -0.2) is 0 Å². The number of nitrogens with one attached hydrogen (secondary N) is 1. The van der Waals surface area contributed by atoms with Crippen LogP contribution in [0.1, 0.15) is 23.7 Å². The molecule has 116 valence electrons. The molecule has 1 atom stereocenters. The van der Waals surface area contributed by atoms with Crippen LogP contribution in [0.4, 0.5) is 11.4 Å². The van der Waals surface area contributed by atoms with Gasteiger partial charge in [0.05, 0.1) is 11.4 Å². The molecule has 0 bridgehead atoms. The highest BCUT2D eigenvalue weighted by Gasteiger charge is 2.21. The minimum Gasteiger partial charge on any atom is -0.397 e. The molecule has 21 heavy (non-hydrogen) atoms. The van der Waals surface area contributed by atoms with Crippen LogP contribution in [-0.4, -0.2) is 51.1 Å². The van der Waals surface area contributed by atoms with Crippen molar-refractivity contribution in [2.45, 2.75) is 13.3 Å². The first kappa shape index (κ1) is 15.6. The van der Waals surface area contributed by atoms with Crippen LogP contribution in [0.2, 0.25) is 0 Å². The van der Waals surface area contributed by atoms with E-state index in [2.05, 4.69) is 29.2 Å². The van der Waals surface area contributed by atoms with Crippen molar-refractivity contribution in [2.24, 2.45) is 5.92 Å². The lowest BCUT2D eigenvalue weighted by Crippen LogP contribution is -2.28. The fourth-order valence-electron chi connectivity index (χ4n) is 2.97. The monoisotopic (exact) mass is 290 g/mol. The molecule has 5 nitrogen and oxygen atoms in total. The smallest absolute Gasteiger partial charge is 0.251 e. The van der Waals surface area contributed by atoms with E-state index < -0.39 is 0 Å². The first-order valence-electron chi connectivity index (χ1n) is 7.58. The number of likely N-dealkylation sites (tertiary alicyclic amines) is 1. The number of hydrogen-bond donors (Lipinski definition) is 2. The average molecular weight is 290 g/mol. The van der Waals surface area contributed by atoms with Crippen molar-refractivity contribution in [3.8, 4) is 0 Å². The predicted octanol–water partition coefficient (Wildman–Crippen LogP) is 1.41. The number of rotatable bonds is 5. The maximum atomic E-state index is 11.8. The predicted molar refractivity (Wildman–Crippen MR) is 87.7 cm³/mol. The number of hydrogen-bond acceptors (Lipinski definition) is 4. The molecule has 1 amide bonds. The highest BCUT2D eigenvalue weighted by molar-refractivity contribution is 5.96. The molecule has 1 unspecified atom stereocenters. The molecule has 0 saturated carbocycles. The molecule has 0 radical (unpaired) electrons. The van der Waals surface area contributed by atoms with Crippen LogP contribution in [0.5, 0.6) is 0 Å². The van der Waals surface area contributed by atoms with Crippen molar-refractivity contribution in [2.75, 3.05) is 50.9 Å². The van der Waals surface area contributed by atoms with Crippen molar-refractivity contribution in [3.63, 3.8) is 0 Å². The number of carbonyl (C=O) groups is 1. The highest BCUT2D eigenvalue weighted by atomic mass is 16.1. The molecule has 5 heteroatoms. The fourth-order valence-corrected chi connectivity index (χ4v) is 2.97. The van der Waals surface area contributed by atoms with Gasteiger partial charge in [0.2, 0.25) is 0 Å². The summed E-state index contributed by atoms with van der Waals surface area (Å²) in [5.41, 5.74) is 8.40. The van der Waals surface area contributed by atoms with Crippen molar-refractivity contribution in [3.05, 3.63) is 23.8 Å². The largest absolute Gasteiger partial charge is 0.397 e. The van der Waals surface area contributed by atoms with Crippen molar-refractivity contribution >= 4 is 17.3 Å². The minimum atomic E-state index is -0.0733. The molecule has 1 saturated heterocycles. The van der Waals surface area contributed by atoms with E-state index in [1.54, 1.807) is 6.07 Å². The lowest BCUT2D eigenvalue weighted by molar-refractivity contribution is 0.0956. The van der Waals surface area contributed by atoms with Gasteiger partial charge in [0.15, 0.2) is 0 Å². The van der Waals surface area contributed by atoms with Gasteiger partial charge in [-0.1, -0.05) is 0 Å². The van der Waals surface area contributed by atoms with E-state index in [0.717, 1.165) is 18.8 Å². The molecule has 1 aliphatic heterocycles. The second kappa shape index (κ2) is 6.80. The number of nitrogen functional groups attached to an aromatic ring is 1. The molecular weight excluding hydrogens is 264 g/mol. The van der Waals surface area contributed by atoms with E-state index in [0.29, 0.717) is 23.7 Å². The molecule has 1 aliphatic rings. The SMILES string of the molecule is CCNC(=O)c1ccc(N(C)CC2CCN(C)C2)c(N)c1. The quantitative estimate of drug-likeness (QED) is 0.805. The molecule has 1 aromatic carbocycles. The molecule has 0 spiro atoms. The Bertz CT molecular complexity index is 503. The second-order valence-electron chi connectivity index (χ2n) is 5.93. The zero-order valence-electron chi connectivity index (χ0n) is 13.2. The molecule has 0 aliphatic carbocycles. The van der Waals surface area contributed by atoms with Gasteiger partial charge in [0, 0.05) is 32.2 Å². The maximum absolute atomic E-state index is 11.8. The Kier molecular flexibility index (Phi) is 5.07. The van der Waals surface area contributed by atoms with Crippen LogP contribution in [0.15, 0.2) is 18.2 Å². The third kappa shape index (κ3) is 3.88. The molecule has 1 aromatic rings. The van der Waals surface area contributed by atoms with Gasteiger partial charge in [-0.05, 0) is 51.1 Å². The van der Waals surface area contributed by atoms with Gasteiger partial charge < -0.3 is 20.9 Å². The molecule has 2 rings (SSSR count). The summed E-state index contributed by atoms with van der Waals surface area (Å²) in [5, 5.41) is 2.79. The van der Waals surface area contributed by atoms with Crippen molar-refractivity contribution in [1.29, 1.82) is 0 Å². The first-order valence-corrected chi connectivity index (χ1v) is 7.58. The Morgan fingerprint density at radius 1 is 1.52 bits per heavy atom. The van der Waals surface area contributed by atoms with Crippen LogP contribution in [0.3, 0.4) is 0 Å². The van der Waals surface area contributed by atoms with E-state index in [4.69, 9.17) is 5.73 Å².